The van der Waals surface area contributed by atoms with Crippen LogP contribution in [0, 0.1) is 18.7 Å². The van der Waals surface area contributed by atoms with Crippen LogP contribution < -0.4 is 15.8 Å². The smallest absolute Gasteiger partial charge is 0.208 e. The average Bonchev–Trinajstić information content (AvgIpc) is 3.21. The molecule has 0 spiro atoms. The molecule has 0 radical (unpaired) electrons. The van der Waals surface area contributed by atoms with E-state index < -0.39 is 0 Å². The van der Waals surface area contributed by atoms with E-state index in [1.54, 1.807) is 12.3 Å². The molecule has 4 aromatic rings. The quantitative estimate of drug-likeness (QED) is 0.470. The van der Waals surface area contributed by atoms with Gasteiger partial charge in [-0.15, -0.1) is 0 Å². The first kappa shape index (κ1) is 20.2. The zero-order valence-corrected chi connectivity index (χ0v) is 18.7. The number of rotatable bonds is 6. The Balaban J connectivity index is 1.42. The summed E-state index contributed by atoms with van der Waals surface area (Å²) in [6.07, 6.45) is 6.72. The Hall–Kier alpha value is -3.46. The molecule has 1 aliphatic heterocycles. The molecular weight excluding hydrogens is 421 g/mol. The van der Waals surface area contributed by atoms with Crippen LogP contribution in [0.2, 0.25) is 0 Å². The van der Waals surface area contributed by atoms with Crippen LogP contribution in [0.3, 0.4) is 0 Å². The van der Waals surface area contributed by atoms with Gasteiger partial charge < -0.3 is 15.8 Å². The molecule has 4 heterocycles. The molecule has 6 rings (SSSR count). The lowest BCUT2D eigenvalue weighted by atomic mass is 10.0. The van der Waals surface area contributed by atoms with E-state index in [2.05, 4.69) is 15.4 Å². The molecule has 9 heteroatoms. The van der Waals surface area contributed by atoms with Gasteiger partial charge in [-0.3, -0.25) is 9.08 Å². The zero-order valence-electron chi connectivity index (χ0n) is 18.7. The second-order valence-electron chi connectivity index (χ2n) is 8.97. The highest BCUT2D eigenvalue weighted by Gasteiger charge is 2.32. The van der Waals surface area contributed by atoms with Crippen LogP contribution in [0.15, 0.2) is 30.6 Å². The molecule has 3 aromatic heterocycles. The molecule has 1 fully saturated rings. The number of aryl methyl sites for hydroxylation is 2. The van der Waals surface area contributed by atoms with Crippen molar-refractivity contribution in [2.24, 2.45) is 18.7 Å². The van der Waals surface area contributed by atoms with E-state index >= 15 is 0 Å². The molecular formula is C24H26FN7O. The van der Waals surface area contributed by atoms with Crippen molar-refractivity contribution in [2.45, 2.75) is 38.8 Å². The van der Waals surface area contributed by atoms with Gasteiger partial charge in [0.15, 0.2) is 5.65 Å². The zero-order chi connectivity index (χ0) is 22.7. The average molecular weight is 448 g/mol. The maximum Gasteiger partial charge on any atom is 0.208 e. The number of hydrogen-bond donors (Lipinski definition) is 2. The third-order valence-corrected chi connectivity index (χ3v) is 6.62. The number of aromatic nitrogens is 5. The first-order valence-corrected chi connectivity index (χ1v) is 11.3. The molecule has 0 bridgehead atoms. The molecule has 0 saturated heterocycles. The Morgan fingerprint density at radius 2 is 2.18 bits per heavy atom. The third kappa shape index (κ3) is 3.43. The van der Waals surface area contributed by atoms with Gasteiger partial charge in [0.05, 0.1) is 35.3 Å². The molecule has 1 unspecified atom stereocenters. The van der Waals surface area contributed by atoms with Crippen LogP contribution in [0.5, 0.6) is 5.75 Å². The summed E-state index contributed by atoms with van der Waals surface area (Å²) in [5.41, 5.74) is 12.3. The Kier molecular flexibility index (Phi) is 4.62. The number of benzene rings is 1. The predicted molar refractivity (Wildman–Crippen MR) is 123 cm³/mol. The topological polar surface area (TPSA) is 95.3 Å². The molecule has 0 amide bonds. The Bertz CT molecular complexity index is 1370. The fraction of sp³-hybridized carbons (Fsp3) is 0.375. The van der Waals surface area contributed by atoms with Gasteiger partial charge in [-0.2, -0.15) is 5.10 Å². The maximum atomic E-state index is 14.6. The van der Waals surface area contributed by atoms with Gasteiger partial charge >= 0.3 is 0 Å². The summed E-state index contributed by atoms with van der Waals surface area (Å²) in [7, 11) is 1.91. The Morgan fingerprint density at radius 1 is 1.33 bits per heavy atom. The molecule has 170 valence electrons. The van der Waals surface area contributed by atoms with Gasteiger partial charge in [0.25, 0.3) is 0 Å². The summed E-state index contributed by atoms with van der Waals surface area (Å²) in [6.45, 7) is 2.84. The number of ether oxygens (including phenoxy) is 1. The summed E-state index contributed by atoms with van der Waals surface area (Å²) < 4.78 is 24.0. The highest BCUT2D eigenvalue weighted by Crippen LogP contribution is 2.40. The van der Waals surface area contributed by atoms with E-state index in [0.717, 1.165) is 52.4 Å². The number of anilines is 1. The van der Waals surface area contributed by atoms with Gasteiger partial charge in [0.2, 0.25) is 5.95 Å². The van der Waals surface area contributed by atoms with Crippen LogP contribution in [-0.2, 0) is 20.0 Å². The van der Waals surface area contributed by atoms with E-state index in [0.29, 0.717) is 37.0 Å². The summed E-state index contributed by atoms with van der Waals surface area (Å²) in [4.78, 5) is 9.60. The molecule has 1 aromatic carbocycles. The van der Waals surface area contributed by atoms with Crippen molar-refractivity contribution in [1.29, 1.82) is 0 Å². The number of nitrogens with two attached hydrogens (primary N) is 1. The summed E-state index contributed by atoms with van der Waals surface area (Å²) >= 11 is 0. The maximum absolute atomic E-state index is 14.6. The lowest BCUT2D eigenvalue weighted by Gasteiger charge is -2.13. The predicted octanol–water partition coefficient (Wildman–Crippen LogP) is 3.53. The molecule has 1 aliphatic carbocycles. The van der Waals surface area contributed by atoms with Crippen LogP contribution >= 0.6 is 0 Å². The number of nitrogens with one attached hydrogen (secondary N) is 1. The molecule has 8 nitrogen and oxygen atoms in total. The van der Waals surface area contributed by atoms with Crippen molar-refractivity contribution in [2.75, 3.05) is 11.9 Å². The summed E-state index contributed by atoms with van der Waals surface area (Å²) in [5, 5.41) is 7.80. The van der Waals surface area contributed by atoms with Gasteiger partial charge in [-0.05, 0) is 43.9 Å². The SMILES string of the molecule is Cc1cc(-c2cnc(NCc3c(F)ccc4c3CCO4)n3cc(C(N)C4CC4)nc23)n(C)n1. The summed E-state index contributed by atoms with van der Waals surface area (Å²) in [5.74, 6) is 1.58. The Morgan fingerprint density at radius 3 is 2.94 bits per heavy atom. The van der Waals surface area contributed by atoms with Crippen molar-refractivity contribution >= 4 is 11.6 Å². The van der Waals surface area contributed by atoms with Crippen molar-refractivity contribution in [3.63, 3.8) is 0 Å². The third-order valence-electron chi connectivity index (χ3n) is 6.62. The number of imidazole rings is 1. The van der Waals surface area contributed by atoms with Crippen LogP contribution in [0.1, 0.15) is 41.4 Å². The number of hydrogen-bond acceptors (Lipinski definition) is 6. The molecule has 1 saturated carbocycles. The lowest BCUT2D eigenvalue weighted by molar-refractivity contribution is 0.356. The first-order chi connectivity index (χ1) is 16.0. The second kappa shape index (κ2) is 7.55. The van der Waals surface area contributed by atoms with E-state index in [1.807, 2.05) is 35.3 Å². The van der Waals surface area contributed by atoms with Crippen LogP contribution in [-0.4, -0.2) is 30.8 Å². The van der Waals surface area contributed by atoms with Crippen molar-refractivity contribution in [3.8, 4) is 17.0 Å². The highest BCUT2D eigenvalue weighted by molar-refractivity contribution is 5.76. The van der Waals surface area contributed by atoms with Crippen molar-refractivity contribution < 1.29 is 9.13 Å². The minimum atomic E-state index is -0.243. The van der Waals surface area contributed by atoms with Crippen LogP contribution in [0.25, 0.3) is 16.9 Å². The van der Waals surface area contributed by atoms with E-state index in [4.69, 9.17) is 15.5 Å². The fourth-order valence-electron chi connectivity index (χ4n) is 4.70. The standard InChI is InChI=1S/C24H26FN7O/c1-13-9-20(31(2)30-13)17-11-28-24(32-12-19(29-23(17)32)22(26)14-3-4-14)27-10-16-15-7-8-33-21(15)6-5-18(16)25/h5-6,9,11-12,14,22H,3-4,7-8,10,26H2,1-2H3,(H,27,28). The van der Waals surface area contributed by atoms with E-state index in [9.17, 15) is 4.39 Å². The van der Waals surface area contributed by atoms with Crippen molar-refractivity contribution in [3.05, 3.63) is 58.9 Å². The molecule has 1 atom stereocenters. The number of nitrogens with zero attached hydrogens (tertiary/aromatic N) is 5. The van der Waals surface area contributed by atoms with Gasteiger partial charge in [0.1, 0.15) is 11.6 Å². The molecule has 2 aliphatic rings. The molecule has 33 heavy (non-hydrogen) atoms. The summed E-state index contributed by atoms with van der Waals surface area (Å²) in [6, 6.07) is 5.07. The van der Waals surface area contributed by atoms with E-state index in [-0.39, 0.29) is 11.9 Å². The normalized spacial score (nSPS) is 16.1. The fourth-order valence-corrected chi connectivity index (χ4v) is 4.70. The Labute approximate surface area is 190 Å². The van der Waals surface area contributed by atoms with Gasteiger partial charge in [-0.1, -0.05) is 0 Å². The number of halogens is 1. The largest absolute Gasteiger partial charge is 0.493 e. The van der Waals surface area contributed by atoms with Crippen LogP contribution in [0.4, 0.5) is 10.3 Å². The van der Waals surface area contributed by atoms with Gasteiger partial charge in [-0.25, -0.2) is 14.4 Å². The second-order valence-corrected chi connectivity index (χ2v) is 8.97. The minimum absolute atomic E-state index is 0.106. The molecule has 3 N–H and O–H groups in total. The minimum Gasteiger partial charge on any atom is -0.493 e. The van der Waals surface area contributed by atoms with Crippen molar-refractivity contribution in [1.82, 2.24) is 24.1 Å². The van der Waals surface area contributed by atoms with Gasteiger partial charge in [0, 0.05) is 43.5 Å². The van der Waals surface area contributed by atoms with E-state index in [1.165, 1.54) is 6.07 Å². The number of fused-ring (bicyclic) bond motifs is 2. The lowest BCUT2D eigenvalue weighted by Crippen LogP contribution is -2.12. The highest BCUT2D eigenvalue weighted by atomic mass is 19.1. The first-order valence-electron chi connectivity index (χ1n) is 11.3. The monoisotopic (exact) mass is 447 g/mol.